The summed E-state index contributed by atoms with van der Waals surface area (Å²) in [6, 6.07) is 16.7. The van der Waals surface area contributed by atoms with Gasteiger partial charge in [0.25, 0.3) is 0 Å². The molecule has 0 aliphatic rings. The molecule has 4 rings (SSSR count). The summed E-state index contributed by atoms with van der Waals surface area (Å²) in [7, 11) is 0. The first-order valence-electron chi connectivity index (χ1n) is 9.36. The van der Waals surface area contributed by atoms with Crippen LogP contribution >= 0.6 is 57.7 Å². The van der Waals surface area contributed by atoms with Gasteiger partial charge in [-0.1, -0.05) is 46.4 Å². The maximum Gasteiger partial charge on any atom is 0.345 e. The molecule has 0 spiro atoms. The first-order chi connectivity index (χ1) is 15.9. The standard InChI is InChI=1S/C23H13Cl4N3O2S/c24-14-3-7-17(19(26)9-14)21-12-33-23(29-21)30-28-11-13-1-5-16(6-2-13)32-22(31)18-8-4-15(25)10-20(18)27/h1-12H,(H,29,30)/b28-11+. The third-order valence-electron chi connectivity index (χ3n) is 4.33. The number of benzene rings is 3. The van der Waals surface area contributed by atoms with Gasteiger partial charge in [-0.2, -0.15) is 5.10 Å². The van der Waals surface area contributed by atoms with Crippen molar-refractivity contribution in [1.82, 2.24) is 4.98 Å². The number of ether oxygens (including phenoxy) is 1. The van der Waals surface area contributed by atoms with Crippen molar-refractivity contribution >= 4 is 75.1 Å². The molecule has 0 bridgehead atoms. The molecule has 1 heterocycles. The van der Waals surface area contributed by atoms with Gasteiger partial charge < -0.3 is 4.74 Å². The summed E-state index contributed by atoms with van der Waals surface area (Å²) in [6.07, 6.45) is 1.62. The van der Waals surface area contributed by atoms with Crippen molar-refractivity contribution in [2.45, 2.75) is 0 Å². The number of nitrogens with zero attached hydrogens (tertiary/aromatic N) is 2. The van der Waals surface area contributed by atoms with Crippen LogP contribution in [-0.4, -0.2) is 17.2 Å². The second-order valence-electron chi connectivity index (χ2n) is 6.61. The summed E-state index contributed by atoms with van der Waals surface area (Å²) in [5, 5.41) is 8.45. The molecule has 0 unspecified atom stereocenters. The Morgan fingerprint density at radius 1 is 0.939 bits per heavy atom. The lowest BCUT2D eigenvalue weighted by Crippen LogP contribution is -2.09. The number of carbonyl (C=O) groups excluding carboxylic acids is 1. The maximum absolute atomic E-state index is 12.3. The van der Waals surface area contributed by atoms with Gasteiger partial charge in [-0.05, 0) is 66.2 Å². The molecule has 1 N–H and O–H groups in total. The molecular formula is C23H13Cl4N3O2S. The molecular weight excluding hydrogens is 524 g/mol. The number of esters is 1. The third kappa shape index (κ3) is 6.05. The quantitative estimate of drug-likeness (QED) is 0.117. The summed E-state index contributed by atoms with van der Waals surface area (Å²) in [6.45, 7) is 0. The molecule has 0 saturated heterocycles. The van der Waals surface area contributed by atoms with Crippen molar-refractivity contribution in [2.75, 3.05) is 5.43 Å². The highest BCUT2D eigenvalue weighted by Crippen LogP contribution is 2.32. The van der Waals surface area contributed by atoms with Crippen LogP contribution in [0.2, 0.25) is 20.1 Å². The van der Waals surface area contributed by atoms with Gasteiger partial charge in [0.15, 0.2) is 0 Å². The molecule has 4 aromatic rings. The lowest BCUT2D eigenvalue weighted by molar-refractivity contribution is 0.0735. The number of anilines is 1. The van der Waals surface area contributed by atoms with Crippen molar-refractivity contribution in [3.8, 4) is 17.0 Å². The van der Waals surface area contributed by atoms with Gasteiger partial charge in [0, 0.05) is 21.0 Å². The Hall–Kier alpha value is -2.61. The van der Waals surface area contributed by atoms with Crippen molar-refractivity contribution in [3.63, 3.8) is 0 Å². The third-order valence-corrected chi connectivity index (χ3v) is 6.17. The second kappa shape index (κ2) is 10.5. The van der Waals surface area contributed by atoms with E-state index in [9.17, 15) is 4.79 Å². The Kier molecular flexibility index (Phi) is 7.53. The van der Waals surface area contributed by atoms with Gasteiger partial charge in [0.2, 0.25) is 5.13 Å². The van der Waals surface area contributed by atoms with E-state index in [2.05, 4.69) is 15.5 Å². The van der Waals surface area contributed by atoms with Crippen LogP contribution in [0.5, 0.6) is 5.75 Å². The van der Waals surface area contributed by atoms with E-state index in [1.165, 1.54) is 23.5 Å². The van der Waals surface area contributed by atoms with Gasteiger partial charge in [0.05, 0.1) is 27.5 Å². The van der Waals surface area contributed by atoms with E-state index in [-0.39, 0.29) is 10.6 Å². The van der Waals surface area contributed by atoms with Gasteiger partial charge in [-0.3, -0.25) is 5.43 Å². The minimum Gasteiger partial charge on any atom is -0.423 e. The highest BCUT2D eigenvalue weighted by Gasteiger charge is 2.13. The lowest BCUT2D eigenvalue weighted by Gasteiger charge is -2.06. The number of halogens is 4. The van der Waals surface area contributed by atoms with Crippen molar-refractivity contribution < 1.29 is 9.53 Å². The second-order valence-corrected chi connectivity index (χ2v) is 9.16. The van der Waals surface area contributed by atoms with Crippen molar-refractivity contribution in [1.29, 1.82) is 0 Å². The van der Waals surface area contributed by atoms with Crippen LogP contribution in [0.1, 0.15) is 15.9 Å². The van der Waals surface area contributed by atoms with Gasteiger partial charge >= 0.3 is 5.97 Å². The van der Waals surface area contributed by atoms with Gasteiger partial charge in [-0.25, -0.2) is 9.78 Å². The molecule has 0 aliphatic heterocycles. The summed E-state index contributed by atoms with van der Waals surface area (Å²) in [5.41, 5.74) is 5.44. The zero-order chi connectivity index (χ0) is 23.4. The molecule has 0 saturated carbocycles. The molecule has 5 nitrogen and oxygen atoms in total. The largest absolute Gasteiger partial charge is 0.423 e. The zero-order valence-corrected chi connectivity index (χ0v) is 20.4. The first kappa shape index (κ1) is 23.5. The number of carbonyl (C=O) groups is 1. The molecule has 0 radical (unpaired) electrons. The first-order valence-corrected chi connectivity index (χ1v) is 11.8. The predicted molar refractivity (Wildman–Crippen MR) is 137 cm³/mol. The highest BCUT2D eigenvalue weighted by molar-refractivity contribution is 7.14. The molecule has 3 aromatic carbocycles. The Balaban J connectivity index is 1.36. The number of hydrazone groups is 1. The number of hydrogen-bond acceptors (Lipinski definition) is 6. The van der Waals surface area contributed by atoms with E-state index < -0.39 is 5.97 Å². The van der Waals surface area contributed by atoms with Crippen LogP contribution in [0.3, 0.4) is 0 Å². The summed E-state index contributed by atoms with van der Waals surface area (Å²) in [5.74, 6) is -0.194. The minimum absolute atomic E-state index is 0.228. The fourth-order valence-electron chi connectivity index (χ4n) is 2.75. The van der Waals surface area contributed by atoms with E-state index in [1.54, 1.807) is 48.7 Å². The van der Waals surface area contributed by atoms with Crippen LogP contribution in [-0.2, 0) is 0 Å². The Bertz CT molecular complexity index is 1340. The molecule has 10 heteroatoms. The molecule has 0 atom stereocenters. The van der Waals surface area contributed by atoms with Crippen LogP contribution in [0, 0.1) is 0 Å². The molecule has 166 valence electrons. The molecule has 0 amide bonds. The fraction of sp³-hybridized carbons (Fsp3) is 0. The minimum atomic E-state index is -0.569. The highest BCUT2D eigenvalue weighted by atomic mass is 35.5. The van der Waals surface area contributed by atoms with E-state index in [1.807, 2.05) is 11.4 Å². The molecule has 1 aromatic heterocycles. The zero-order valence-electron chi connectivity index (χ0n) is 16.6. The predicted octanol–water partition coefficient (Wildman–Crippen LogP) is 8.09. The monoisotopic (exact) mass is 535 g/mol. The summed E-state index contributed by atoms with van der Waals surface area (Å²) in [4.78, 5) is 16.8. The van der Waals surface area contributed by atoms with Crippen LogP contribution in [0.15, 0.2) is 71.1 Å². The van der Waals surface area contributed by atoms with Gasteiger partial charge in [-0.15, -0.1) is 11.3 Å². The fourth-order valence-corrected chi connectivity index (χ4v) is 4.40. The average molecular weight is 537 g/mol. The topological polar surface area (TPSA) is 63.6 Å². The molecule has 0 aliphatic carbocycles. The average Bonchev–Trinajstić information content (AvgIpc) is 3.23. The lowest BCUT2D eigenvalue weighted by atomic mass is 10.2. The van der Waals surface area contributed by atoms with Crippen LogP contribution in [0.25, 0.3) is 11.3 Å². The summed E-state index contributed by atoms with van der Waals surface area (Å²) < 4.78 is 5.36. The van der Waals surface area contributed by atoms with Crippen molar-refractivity contribution in [3.05, 3.63) is 97.3 Å². The normalized spacial score (nSPS) is 11.0. The van der Waals surface area contributed by atoms with E-state index >= 15 is 0 Å². The Labute approximate surface area is 213 Å². The smallest absolute Gasteiger partial charge is 0.345 e. The maximum atomic E-state index is 12.3. The van der Waals surface area contributed by atoms with Crippen LogP contribution in [0.4, 0.5) is 5.13 Å². The van der Waals surface area contributed by atoms with Crippen LogP contribution < -0.4 is 10.2 Å². The Morgan fingerprint density at radius 3 is 2.33 bits per heavy atom. The van der Waals surface area contributed by atoms with E-state index in [4.69, 9.17) is 51.1 Å². The van der Waals surface area contributed by atoms with Crippen molar-refractivity contribution in [2.24, 2.45) is 5.10 Å². The summed E-state index contributed by atoms with van der Waals surface area (Å²) >= 11 is 25.5. The molecule has 33 heavy (non-hydrogen) atoms. The molecule has 0 fully saturated rings. The number of hydrogen-bond donors (Lipinski definition) is 1. The Morgan fingerprint density at radius 2 is 1.64 bits per heavy atom. The van der Waals surface area contributed by atoms with Gasteiger partial charge in [0.1, 0.15) is 5.75 Å². The number of rotatable bonds is 6. The number of thiazole rings is 1. The SMILES string of the molecule is O=C(Oc1ccc(/C=N/Nc2nc(-c3ccc(Cl)cc3Cl)cs2)cc1)c1ccc(Cl)cc1Cl. The number of aromatic nitrogens is 1. The number of nitrogens with one attached hydrogen (secondary N) is 1. The van der Waals surface area contributed by atoms with E-state index in [0.717, 1.165) is 16.8 Å². The van der Waals surface area contributed by atoms with E-state index in [0.29, 0.717) is 25.9 Å².